The monoisotopic (exact) mass is 353 g/mol. The molecule has 0 bridgehead atoms. The van der Waals surface area contributed by atoms with Gasteiger partial charge >= 0.3 is 0 Å². The Hall–Kier alpha value is -0.610. The molecule has 0 aliphatic carbocycles. The summed E-state index contributed by atoms with van der Waals surface area (Å²) in [6.07, 6.45) is 20.7. The molecule has 1 fully saturated rings. The zero-order chi connectivity index (χ0) is 18.0. The average molecular weight is 354 g/mol. The molecule has 148 valence electrons. The van der Waals surface area contributed by atoms with Crippen LogP contribution in [0.1, 0.15) is 96.8 Å². The van der Waals surface area contributed by atoms with E-state index in [2.05, 4.69) is 22.5 Å². The van der Waals surface area contributed by atoms with E-state index in [1.807, 2.05) is 0 Å². The molecule has 1 heterocycles. The molecular weight excluding hydrogens is 310 g/mol. The van der Waals surface area contributed by atoms with Crippen LogP contribution in [-0.2, 0) is 4.79 Å². The van der Waals surface area contributed by atoms with Gasteiger partial charge in [0.15, 0.2) is 0 Å². The summed E-state index contributed by atoms with van der Waals surface area (Å²) >= 11 is 0. The first-order valence-corrected chi connectivity index (χ1v) is 11.0. The van der Waals surface area contributed by atoms with E-state index < -0.39 is 0 Å². The van der Waals surface area contributed by atoms with Crippen molar-refractivity contribution < 1.29 is 4.79 Å². The number of nitrogens with zero attached hydrogens (tertiary/aromatic N) is 1. The number of unbranched alkanes of at least 4 members (excludes halogenated alkanes) is 12. The molecule has 1 aliphatic rings. The third kappa shape index (κ3) is 12.4. The fourth-order valence-electron chi connectivity index (χ4n) is 3.82. The second-order valence-electron chi connectivity index (χ2n) is 7.61. The molecule has 2 N–H and O–H groups in total. The molecular formula is C21H43N3O. The Labute approximate surface area is 156 Å². The minimum atomic E-state index is 0.463. The van der Waals surface area contributed by atoms with Crippen LogP contribution in [0.3, 0.4) is 0 Å². The number of amides is 1. The van der Waals surface area contributed by atoms with Crippen molar-refractivity contribution >= 4 is 6.41 Å². The van der Waals surface area contributed by atoms with E-state index in [0.29, 0.717) is 6.17 Å². The molecule has 4 nitrogen and oxygen atoms in total. The van der Waals surface area contributed by atoms with Gasteiger partial charge in [0.25, 0.3) is 0 Å². The number of hydrogen-bond donors (Lipinski definition) is 2. The van der Waals surface area contributed by atoms with E-state index in [1.165, 1.54) is 90.0 Å². The maximum absolute atomic E-state index is 10.3. The number of carbonyl (C=O) groups is 1. The van der Waals surface area contributed by atoms with Crippen LogP contribution in [0.4, 0.5) is 0 Å². The van der Waals surface area contributed by atoms with E-state index in [0.717, 1.165) is 32.5 Å². The summed E-state index contributed by atoms with van der Waals surface area (Å²) in [5, 5.41) is 6.30. The lowest BCUT2D eigenvalue weighted by atomic mass is 10.0. The van der Waals surface area contributed by atoms with Crippen LogP contribution in [0.5, 0.6) is 0 Å². The SMILES string of the molecule is CCCCCCCCCCCCCCCN1CCNC1CCNC=O. The second kappa shape index (κ2) is 16.8. The van der Waals surface area contributed by atoms with Crippen LogP contribution in [-0.4, -0.2) is 43.7 Å². The Morgan fingerprint density at radius 2 is 1.48 bits per heavy atom. The molecule has 25 heavy (non-hydrogen) atoms. The summed E-state index contributed by atoms with van der Waals surface area (Å²) in [4.78, 5) is 12.9. The highest BCUT2D eigenvalue weighted by Crippen LogP contribution is 2.13. The largest absolute Gasteiger partial charge is 0.359 e. The molecule has 1 saturated heterocycles. The predicted octanol–water partition coefficient (Wildman–Crippen LogP) is 4.45. The van der Waals surface area contributed by atoms with E-state index in [-0.39, 0.29) is 0 Å². The molecule has 0 aromatic rings. The minimum absolute atomic E-state index is 0.463. The molecule has 0 radical (unpaired) electrons. The molecule has 0 aromatic heterocycles. The first-order valence-electron chi connectivity index (χ1n) is 11.0. The van der Waals surface area contributed by atoms with E-state index in [1.54, 1.807) is 0 Å². The van der Waals surface area contributed by atoms with Gasteiger partial charge in [-0.05, 0) is 19.4 Å². The molecule has 1 aliphatic heterocycles. The van der Waals surface area contributed by atoms with Gasteiger partial charge in [-0.15, -0.1) is 0 Å². The fraction of sp³-hybridized carbons (Fsp3) is 0.952. The lowest BCUT2D eigenvalue weighted by molar-refractivity contribution is -0.109. The molecule has 0 spiro atoms. The highest BCUT2D eigenvalue weighted by atomic mass is 16.1. The predicted molar refractivity (Wildman–Crippen MR) is 108 cm³/mol. The lowest BCUT2D eigenvalue weighted by Crippen LogP contribution is -2.38. The Bertz CT molecular complexity index is 299. The zero-order valence-corrected chi connectivity index (χ0v) is 16.7. The summed E-state index contributed by atoms with van der Waals surface area (Å²) in [6.45, 7) is 6.51. The first kappa shape index (κ1) is 22.4. The van der Waals surface area contributed by atoms with Gasteiger partial charge in [0, 0.05) is 19.6 Å². The Balaban J connectivity index is 1.83. The number of nitrogens with one attached hydrogen (secondary N) is 2. The third-order valence-electron chi connectivity index (χ3n) is 5.41. The molecule has 1 unspecified atom stereocenters. The van der Waals surface area contributed by atoms with Crippen LogP contribution in [0.15, 0.2) is 0 Å². The Kier molecular flexibility index (Phi) is 15.1. The van der Waals surface area contributed by atoms with Crippen molar-refractivity contribution in [1.29, 1.82) is 0 Å². The number of carbonyl (C=O) groups excluding carboxylic acids is 1. The normalized spacial score (nSPS) is 17.9. The summed E-state index contributed by atoms with van der Waals surface area (Å²) in [7, 11) is 0. The van der Waals surface area contributed by atoms with Crippen molar-refractivity contribution in [2.24, 2.45) is 0 Å². The lowest BCUT2D eigenvalue weighted by Gasteiger charge is -2.23. The van der Waals surface area contributed by atoms with Gasteiger partial charge in [0.2, 0.25) is 6.41 Å². The van der Waals surface area contributed by atoms with Gasteiger partial charge in [-0.2, -0.15) is 0 Å². The van der Waals surface area contributed by atoms with Crippen molar-refractivity contribution in [1.82, 2.24) is 15.5 Å². The van der Waals surface area contributed by atoms with Crippen molar-refractivity contribution in [2.45, 2.75) is 103 Å². The molecule has 1 rings (SSSR count). The smallest absolute Gasteiger partial charge is 0.207 e. The van der Waals surface area contributed by atoms with Crippen LogP contribution in [0.25, 0.3) is 0 Å². The van der Waals surface area contributed by atoms with Gasteiger partial charge in [0.05, 0.1) is 6.17 Å². The summed E-state index contributed by atoms with van der Waals surface area (Å²) in [6, 6.07) is 0. The van der Waals surface area contributed by atoms with Crippen LogP contribution < -0.4 is 10.6 Å². The second-order valence-corrected chi connectivity index (χ2v) is 7.61. The van der Waals surface area contributed by atoms with Crippen molar-refractivity contribution in [3.8, 4) is 0 Å². The number of rotatable bonds is 18. The Morgan fingerprint density at radius 3 is 2.04 bits per heavy atom. The van der Waals surface area contributed by atoms with Crippen molar-refractivity contribution in [3.63, 3.8) is 0 Å². The Morgan fingerprint density at radius 1 is 0.920 bits per heavy atom. The molecule has 0 saturated carbocycles. The third-order valence-corrected chi connectivity index (χ3v) is 5.41. The molecule has 0 aromatic carbocycles. The topological polar surface area (TPSA) is 44.4 Å². The van der Waals surface area contributed by atoms with Gasteiger partial charge in [-0.1, -0.05) is 84.0 Å². The van der Waals surface area contributed by atoms with Crippen LogP contribution in [0.2, 0.25) is 0 Å². The quantitative estimate of drug-likeness (QED) is 0.283. The van der Waals surface area contributed by atoms with Gasteiger partial charge in [-0.25, -0.2) is 0 Å². The fourth-order valence-corrected chi connectivity index (χ4v) is 3.82. The minimum Gasteiger partial charge on any atom is -0.359 e. The van der Waals surface area contributed by atoms with Gasteiger partial charge < -0.3 is 10.6 Å². The first-order chi connectivity index (χ1) is 12.4. The maximum Gasteiger partial charge on any atom is 0.207 e. The van der Waals surface area contributed by atoms with Crippen molar-refractivity contribution in [2.75, 3.05) is 26.2 Å². The van der Waals surface area contributed by atoms with Crippen molar-refractivity contribution in [3.05, 3.63) is 0 Å². The number of hydrogen-bond acceptors (Lipinski definition) is 3. The van der Waals surface area contributed by atoms with Gasteiger partial charge in [0.1, 0.15) is 0 Å². The highest BCUT2D eigenvalue weighted by Gasteiger charge is 2.22. The highest BCUT2D eigenvalue weighted by molar-refractivity contribution is 5.45. The molecule has 1 amide bonds. The molecule has 1 atom stereocenters. The van der Waals surface area contributed by atoms with E-state index in [9.17, 15) is 4.79 Å². The average Bonchev–Trinajstić information content (AvgIpc) is 3.06. The summed E-state index contributed by atoms with van der Waals surface area (Å²) < 4.78 is 0. The van der Waals surface area contributed by atoms with E-state index >= 15 is 0 Å². The van der Waals surface area contributed by atoms with E-state index in [4.69, 9.17) is 0 Å². The van der Waals surface area contributed by atoms with Crippen LogP contribution >= 0.6 is 0 Å². The maximum atomic E-state index is 10.3. The summed E-state index contributed by atoms with van der Waals surface area (Å²) in [5.41, 5.74) is 0. The van der Waals surface area contributed by atoms with Crippen LogP contribution in [0, 0.1) is 0 Å². The zero-order valence-electron chi connectivity index (χ0n) is 16.7. The summed E-state index contributed by atoms with van der Waals surface area (Å²) in [5.74, 6) is 0. The standard InChI is InChI=1S/C21H43N3O/c1-2-3-4-5-6-7-8-9-10-11-12-13-14-18-24-19-17-23-21(24)15-16-22-20-25/h20-21,23H,2-19H2,1H3,(H,22,25). The molecule has 4 heteroatoms. The van der Waals surface area contributed by atoms with Gasteiger partial charge in [-0.3, -0.25) is 9.69 Å².